The van der Waals surface area contributed by atoms with Crippen LogP contribution in [-0.4, -0.2) is 27.1 Å². The Hall–Kier alpha value is -2.05. The van der Waals surface area contributed by atoms with Gasteiger partial charge in [-0.25, -0.2) is 8.42 Å². The molecule has 0 bridgehead atoms. The highest BCUT2D eigenvalue weighted by molar-refractivity contribution is 7.92. The second-order valence-electron chi connectivity index (χ2n) is 6.35. The van der Waals surface area contributed by atoms with E-state index in [1.165, 1.54) is 0 Å². The number of hydrogen-bond donors (Lipinski definition) is 1. The number of rotatable bonds is 6. The summed E-state index contributed by atoms with van der Waals surface area (Å²) in [5.41, 5.74) is 3.10. The van der Waals surface area contributed by atoms with Gasteiger partial charge in [0.2, 0.25) is 15.9 Å². The van der Waals surface area contributed by atoms with Crippen LogP contribution in [0, 0.1) is 13.8 Å². The highest BCUT2D eigenvalue weighted by Gasteiger charge is 2.23. The van der Waals surface area contributed by atoms with Crippen LogP contribution in [0.25, 0.3) is 0 Å². The molecule has 1 N–H and O–H groups in total. The number of carbonyl (C=O) groups is 1. The van der Waals surface area contributed by atoms with Crippen molar-refractivity contribution in [2.45, 2.75) is 26.8 Å². The highest BCUT2D eigenvalue weighted by atomic mass is 35.5. The van der Waals surface area contributed by atoms with Crippen LogP contribution in [0.3, 0.4) is 0 Å². The van der Waals surface area contributed by atoms with Crippen LogP contribution in [0.5, 0.6) is 0 Å². The number of halogens is 1. The Balaban J connectivity index is 2.19. The summed E-state index contributed by atoms with van der Waals surface area (Å²) < 4.78 is 25.5. The molecule has 0 aliphatic rings. The molecule has 26 heavy (non-hydrogen) atoms. The number of carbonyl (C=O) groups excluding carboxylic acids is 1. The molecule has 0 aliphatic carbocycles. The number of nitrogens with zero attached hydrogens (tertiary/aromatic N) is 1. The van der Waals surface area contributed by atoms with Gasteiger partial charge in [-0.2, -0.15) is 0 Å². The van der Waals surface area contributed by atoms with Gasteiger partial charge in [0.15, 0.2) is 0 Å². The molecule has 0 heterocycles. The molecule has 0 saturated carbocycles. The molecule has 2 aromatic carbocycles. The minimum Gasteiger partial charge on any atom is -0.348 e. The molecule has 2 rings (SSSR count). The lowest BCUT2D eigenvalue weighted by atomic mass is 10.1. The summed E-state index contributed by atoms with van der Waals surface area (Å²) in [6, 6.07) is 12.6. The Labute approximate surface area is 160 Å². The first-order valence-electron chi connectivity index (χ1n) is 8.18. The van der Waals surface area contributed by atoms with Crippen molar-refractivity contribution in [3.63, 3.8) is 0 Å². The maximum atomic E-state index is 12.5. The average Bonchev–Trinajstić information content (AvgIpc) is 2.55. The Kier molecular flexibility index (Phi) is 6.31. The average molecular weight is 395 g/mol. The van der Waals surface area contributed by atoms with Crippen molar-refractivity contribution < 1.29 is 13.2 Å². The van der Waals surface area contributed by atoms with Crippen molar-refractivity contribution in [2.24, 2.45) is 0 Å². The van der Waals surface area contributed by atoms with E-state index in [4.69, 9.17) is 11.6 Å². The molecule has 140 valence electrons. The summed E-state index contributed by atoms with van der Waals surface area (Å²) in [5, 5.41) is 3.29. The first-order chi connectivity index (χ1) is 12.1. The van der Waals surface area contributed by atoms with Gasteiger partial charge in [0, 0.05) is 5.02 Å². The van der Waals surface area contributed by atoms with Crippen molar-refractivity contribution in [2.75, 3.05) is 17.1 Å². The molecule has 0 aromatic heterocycles. The quantitative estimate of drug-likeness (QED) is 0.813. The van der Waals surface area contributed by atoms with Crippen molar-refractivity contribution in [3.05, 3.63) is 64.2 Å². The Bertz CT molecular complexity index is 896. The lowest BCUT2D eigenvalue weighted by Gasteiger charge is -2.25. The number of amides is 1. The zero-order chi connectivity index (χ0) is 19.5. The van der Waals surface area contributed by atoms with E-state index in [1.54, 1.807) is 25.1 Å². The van der Waals surface area contributed by atoms with E-state index in [0.717, 1.165) is 21.7 Å². The molecule has 0 fully saturated rings. The van der Waals surface area contributed by atoms with Crippen LogP contribution >= 0.6 is 11.6 Å². The van der Waals surface area contributed by atoms with Gasteiger partial charge in [0.25, 0.3) is 0 Å². The maximum Gasteiger partial charge on any atom is 0.241 e. The number of benzene rings is 2. The number of hydrogen-bond acceptors (Lipinski definition) is 3. The summed E-state index contributed by atoms with van der Waals surface area (Å²) in [6.45, 7) is 5.27. The minimum atomic E-state index is -3.64. The molecular weight excluding hydrogens is 372 g/mol. The normalized spacial score (nSPS) is 12.5. The van der Waals surface area contributed by atoms with Crippen LogP contribution in [0.2, 0.25) is 5.02 Å². The second-order valence-corrected chi connectivity index (χ2v) is 8.67. The first-order valence-corrected chi connectivity index (χ1v) is 10.4. The van der Waals surface area contributed by atoms with Gasteiger partial charge in [0.1, 0.15) is 6.54 Å². The third-order valence-corrected chi connectivity index (χ3v) is 5.69. The van der Waals surface area contributed by atoms with Crippen molar-refractivity contribution in [3.8, 4) is 0 Å². The molecule has 1 atom stereocenters. The fourth-order valence-electron chi connectivity index (χ4n) is 2.60. The lowest BCUT2D eigenvalue weighted by Crippen LogP contribution is -2.41. The summed E-state index contributed by atoms with van der Waals surface area (Å²) in [6.07, 6.45) is 1.07. The maximum absolute atomic E-state index is 12.5. The number of sulfonamides is 1. The van der Waals surface area contributed by atoms with Crippen LogP contribution < -0.4 is 9.62 Å². The topological polar surface area (TPSA) is 66.5 Å². The van der Waals surface area contributed by atoms with Crippen LogP contribution in [0.4, 0.5) is 5.69 Å². The van der Waals surface area contributed by atoms with Crippen molar-refractivity contribution >= 4 is 33.2 Å². The minimum absolute atomic E-state index is 0.232. The van der Waals surface area contributed by atoms with E-state index in [2.05, 4.69) is 5.32 Å². The number of anilines is 1. The van der Waals surface area contributed by atoms with Gasteiger partial charge >= 0.3 is 0 Å². The fraction of sp³-hybridized carbons (Fsp3) is 0.316. The Morgan fingerprint density at radius 3 is 2.35 bits per heavy atom. The molecule has 1 unspecified atom stereocenters. The fourth-order valence-corrected chi connectivity index (χ4v) is 3.68. The van der Waals surface area contributed by atoms with E-state index >= 15 is 0 Å². The standard InChI is InChI=1S/C19H23ClN2O3S/c1-13-8-10-16(11-9-13)15(3)21-19(23)12-22(26(4,24)25)18-7-5-6-17(20)14(18)2/h5-11,15H,12H2,1-4H3,(H,21,23). The third-order valence-electron chi connectivity index (χ3n) is 4.15. The first kappa shape index (κ1) is 20.3. The monoisotopic (exact) mass is 394 g/mol. The Morgan fingerprint density at radius 1 is 1.15 bits per heavy atom. The van der Waals surface area contributed by atoms with Crippen LogP contribution in [0.15, 0.2) is 42.5 Å². The van der Waals surface area contributed by atoms with E-state index in [-0.39, 0.29) is 18.5 Å². The van der Waals surface area contributed by atoms with E-state index < -0.39 is 10.0 Å². The van der Waals surface area contributed by atoms with Crippen molar-refractivity contribution in [1.82, 2.24) is 5.32 Å². The Morgan fingerprint density at radius 2 is 1.77 bits per heavy atom. The number of nitrogens with one attached hydrogen (secondary N) is 1. The van der Waals surface area contributed by atoms with E-state index in [1.807, 2.05) is 38.1 Å². The summed E-state index contributed by atoms with van der Waals surface area (Å²) in [4.78, 5) is 12.5. The SMILES string of the molecule is Cc1ccc(C(C)NC(=O)CN(c2cccc(Cl)c2C)S(C)(=O)=O)cc1. The molecule has 2 aromatic rings. The van der Waals surface area contributed by atoms with Crippen molar-refractivity contribution in [1.29, 1.82) is 0 Å². The summed E-state index contributed by atoms with van der Waals surface area (Å²) in [7, 11) is -3.64. The molecule has 0 aliphatic heterocycles. The molecule has 7 heteroatoms. The van der Waals surface area contributed by atoms with Gasteiger partial charge in [0.05, 0.1) is 18.0 Å². The van der Waals surface area contributed by atoms with Gasteiger partial charge in [-0.15, -0.1) is 0 Å². The lowest BCUT2D eigenvalue weighted by molar-refractivity contribution is -0.120. The zero-order valence-corrected chi connectivity index (χ0v) is 16.9. The third kappa shape index (κ3) is 4.99. The molecule has 1 amide bonds. The summed E-state index contributed by atoms with van der Waals surface area (Å²) in [5.74, 6) is -0.386. The molecule has 0 saturated heterocycles. The molecular formula is C19H23ClN2O3S. The summed E-state index contributed by atoms with van der Waals surface area (Å²) >= 11 is 6.10. The van der Waals surface area contributed by atoms with E-state index in [9.17, 15) is 13.2 Å². The molecule has 0 spiro atoms. The largest absolute Gasteiger partial charge is 0.348 e. The van der Waals surface area contributed by atoms with Crippen LogP contribution in [-0.2, 0) is 14.8 Å². The smallest absolute Gasteiger partial charge is 0.241 e. The number of aryl methyl sites for hydroxylation is 1. The van der Waals surface area contributed by atoms with Gasteiger partial charge in [-0.1, -0.05) is 47.5 Å². The van der Waals surface area contributed by atoms with Gasteiger partial charge in [-0.3, -0.25) is 9.10 Å². The molecule has 0 radical (unpaired) electrons. The van der Waals surface area contributed by atoms with E-state index in [0.29, 0.717) is 16.3 Å². The second kappa shape index (κ2) is 8.10. The zero-order valence-electron chi connectivity index (χ0n) is 15.3. The van der Waals surface area contributed by atoms with Gasteiger partial charge < -0.3 is 5.32 Å². The van der Waals surface area contributed by atoms with Crippen LogP contribution in [0.1, 0.15) is 29.7 Å². The predicted molar refractivity (Wildman–Crippen MR) is 106 cm³/mol. The van der Waals surface area contributed by atoms with Gasteiger partial charge in [-0.05, 0) is 44.0 Å². The predicted octanol–water partition coefficient (Wildman–Crippen LogP) is 3.60. The molecule has 5 nitrogen and oxygen atoms in total. The highest BCUT2D eigenvalue weighted by Crippen LogP contribution is 2.28.